The molecule has 100 valence electrons. The highest BCUT2D eigenvalue weighted by atomic mass is 19.1. The SMILES string of the molecule is CC1CNC(C)(C)CN1CCc1ccccc1F. The highest BCUT2D eigenvalue weighted by molar-refractivity contribution is 5.17. The molecular weight excluding hydrogens is 227 g/mol. The molecule has 1 saturated heterocycles. The van der Waals surface area contributed by atoms with Crippen molar-refractivity contribution in [2.75, 3.05) is 19.6 Å². The molecular formula is C15H23FN2. The van der Waals surface area contributed by atoms with Crippen LogP contribution in [0.2, 0.25) is 0 Å². The number of hydrogen-bond acceptors (Lipinski definition) is 2. The zero-order valence-electron chi connectivity index (χ0n) is 11.5. The van der Waals surface area contributed by atoms with Crippen LogP contribution in [-0.2, 0) is 6.42 Å². The molecule has 0 amide bonds. The summed E-state index contributed by atoms with van der Waals surface area (Å²) in [6.07, 6.45) is 0.785. The number of rotatable bonds is 3. The maximum Gasteiger partial charge on any atom is 0.126 e. The zero-order chi connectivity index (χ0) is 13.2. The molecule has 0 saturated carbocycles. The van der Waals surface area contributed by atoms with Gasteiger partial charge < -0.3 is 5.32 Å². The van der Waals surface area contributed by atoms with E-state index in [2.05, 4.69) is 31.0 Å². The van der Waals surface area contributed by atoms with Crippen LogP contribution < -0.4 is 5.32 Å². The summed E-state index contributed by atoms with van der Waals surface area (Å²) in [5, 5.41) is 3.53. The second-order valence-electron chi connectivity index (χ2n) is 5.93. The van der Waals surface area contributed by atoms with Crippen LogP contribution in [0.1, 0.15) is 26.3 Å². The van der Waals surface area contributed by atoms with Gasteiger partial charge in [-0.1, -0.05) is 18.2 Å². The summed E-state index contributed by atoms with van der Waals surface area (Å²) in [5.41, 5.74) is 0.975. The Morgan fingerprint density at radius 3 is 2.83 bits per heavy atom. The van der Waals surface area contributed by atoms with Gasteiger partial charge in [-0.3, -0.25) is 4.90 Å². The standard InChI is InChI=1S/C15H23FN2/c1-12-10-17-15(2,3)11-18(12)9-8-13-6-4-5-7-14(13)16/h4-7,12,17H,8-11H2,1-3H3. The molecule has 1 unspecified atom stereocenters. The summed E-state index contributed by atoms with van der Waals surface area (Å²) in [7, 11) is 0. The molecule has 1 aromatic carbocycles. The molecule has 18 heavy (non-hydrogen) atoms. The Kier molecular flexibility index (Phi) is 4.03. The second-order valence-corrected chi connectivity index (χ2v) is 5.93. The number of nitrogens with zero attached hydrogens (tertiary/aromatic N) is 1. The number of hydrogen-bond donors (Lipinski definition) is 1. The molecule has 1 aliphatic rings. The van der Waals surface area contributed by atoms with Crippen molar-refractivity contribution in [2.45, 2.75) is 38.8 Å². The number of piperazine rings is 1. The van der Waals surface area contributed by atoms with E-state index in [-0.39, 0.29) is 11.4 Å². The highest BCUT2D eigenvalue weighted by Gasteiger charge is 2.29. The summed E-state index contributed by atoms with van der Waals surface area (Å²) in [4.78, 5) is 2.45. The molecule has 3 heteroatoms. The minimum Gasteiger partial charge on any atom is -0.309 e. The van der Waals surface area contributed by atoms with E-state index in [1.165, 1.54) is 0 Å². The van der Waals surface area contributed by atoms with Crippen molar-refractivity contribution in [1.82, 2.24) is 10.2 Å². The van der Waals surface area contributed by atoms with Crippen molar-refractivity contribution in [1.29, 1.82) is 0 Å². The van der Waals surface area contributed by atoms with Crippen LogP contribution in [0.4, 0.5) is 4.39 Å². The first-order chi connectivity index (χ1) is 8.48. The van der Waals surface area contributed by atoms with Gasteiger partial charge in [-0.05, 0) is 38.8 Å². The van der Waals surface area contributed by atoms with Gasteiger partial charge >= 0.3 is 0 Å². The first kappa shape index (κ1) is 13.5. The lowest BCUT2D eigenvalue weighted by Gasteiger charge is -2.43. The van der Waals surface area contributed by atoms with Crippen LogP contribution in [0.15, 0.2) is 24.3 Å². The Hall–Kier alpha value is -0.930. The predicted molar refractivity (Wildman–Crippen MR) is 73.2 cm³/mol. The van der Waals surface area contributed by atoms with Crippen LogP contribution in [0.3, 0.4) is 0 Å². The average molecular weight is 250 g/mol. The topological polar surface area (TPSA) is 15.3 Å². The quantitative estimate of drug-likeness (QED) is 0.886. The van der Waals surface area contributed by atoms with E-state index >= 15 is 0 Å². The fraction of sp³-hybridized carbons (Fsp3) is 0.600. The summed E-state index contributed by atoms with van der Waals surface area (Å²) < 4.78 is 13.6. The fourth-order valence-corrected chi connectivity index (χ4v) is 2.54. The molecule has 0 radical (unpaired) electrons. The molecule has 2 nitrogen and oxygen atoms in total. The van der Waals surface area contributed by atoms with E-state index < -0.39 is 0 Å². The van der Waals surface area contributed by atoms with Crippen molar-refractivity contribution in [3.05, 3.63) is 35.6 Å². The normalized spacial score (nSPS) is 24.1. The monoisotopic (exact) mass is 250 g/mol. The third-order valence-electron chi connectivity index (χ3n) is 3.72. The molecule has 0 spiro atoms. The van der Waals surface area contributed by atoms with Crippen molar-refractivity contribution < 1.29 is 4.39 Å². The number of nitrogens with one attached hydrogen (secondary N) is 1. The number of halogens is 1. The Morgan fingerprint density at radius 2 is 2.11 bits per heavy atom. The molecule has 1 N–H and O–H groups in total. The second kappa shape index (κ2) is 5.37. The molecule has 1 aromatic rings. The lowest BCUT2D eigenvalue weighted by atomic mass is 9.98. The van der Waals surface area contributed by atoms with E-state index in [0.29, 0.717) is 6.04 Å². The molecule has 1 atom stereocenters. The number of benzene rings is 1. The van der Waals surface area contributed by atoms with Crippen molar-refractivity contribution in [2.24, 2.45) is 0 Å². The van der Waals surface area contributed by atoms with Gasteiger partial charge in [0.25, 0.3) is 0 Å². The molecule has 0 aromatic heterocycles. The third kappa shape index (κ3) is 3.30. The van der Waals surface area contributed by atoms with Gasteiger partial charge in [0.2, 0.25) is 0 Å². The molecule has 2 rings (SSSR count). The summed E-state index contributed by atoms with van der Waals surface area (Å²) in [5.74, 6) is -0.0838. The van der Waals surface area contributed by atoms with Gasteiger partial charge in [0.05, 0.1) is 0 Å². The Balaban J connectivity index is 1.95. The lowest BCUT2D eigenvalue weighted by molar-refractivity contribution is 0.106. The molecule has 0 bridgehead atoms. The van der Waals surface area contributed by atoms with Crippen LogP contribution in [0.5, 0.6) is 0 Å². The maximum atomic E-state index is 13.6. The summed E-state index contributed by atoms with van der Waals surface area (Å²) >= 11 is 0. The Bertz CT molecular complexity index is 403. The summed E-state index contributed by atoms with van der Waals surface area (Å²) in [6, 6.07) is 7.59. The van der Waals surface area contributed by atoms with E-state index in [1.54, 1.807) is 12.1 Å². The largest absolute Gasteiger partial charge is 0.309 e. The lowest BCUT2D eigenvalue weighted by Crippen LogP contribution is -2.60. The van der Waals surface area contributed by atoms with Crippen LogP contribution in [0.25, 0.3) is 0 Å². The predicted octanol–water partition coefficient (Wildman–Crippen LogP) is 2.44. The first-order valence-corrected chi connectivity index (χ1v) is 6.70. The summed E-state index contributed by atoms with van der Waals surface area (Å²) in [6.45, 7) is 9.60. The Labute approximate surface area is 109 Å². The smallest absolute Gasteiger partial charge is 0.126 e. The van der Waals surface area contributed by atoms with Gasteiger partial charge in [-0.2, -0.15) is 0 Å². The molecule has 1 aliphatic heterocycles. The van der Waals surface area contributed by atoms with Gasteiger partial charge in [0.1, 0.15) is 5.82 Å². The molecule has 0 aliphatic carbocycles. The third-order valence-corrected chi connectivity index (χ3v) is 3.72. The first-order valence-electron chi connectivity index (χ1n) is 6.70. The van der Waals surface area contributed by atoms with Gasteiger partial charge in [0.15, 0.2) is 0 Å². The van der Waals surface area contributed by atoms with E-state index in [9.17, 15) is 4.39 Å². The van der Waals surface area contributed by atoms with Gasteiger partial charge in [0, 0.05) is 31.2 Å². The minimum absolute atomic E-state index is 0.0838. The van der Waals surface area contributed by atoms with Crippen molar-refractivity contribution in [3.63, 3.8) is 0 Å². The van der Waals surface area contributed by atoms with Crippen molar-refractivity contribution in [3.8, 4) is 0 Å². The maximum absolute atomic E-state index is 13.6. The Morgan fingerprint density at radius 1 is 1.39 bits per heavy atom. The van der Waals surface area contributed by atoms with E-state index in [4.69, 9.17) is 0 Å². The van der Waals surface area contributed by atoms with Gasteiger partial charge in [-0.25, -0.2) is 4.39 Å². The van der Waals surface area contributed by atoms with Crippen LogP contribution in [-0.4, -0.2) is 36.1 Å². The highest BCUT2D eigenvalue weighted by Crippen LogP contribution is 2.16. The van der Waals surface area contributed by atoms with E-state index in [1.807, 2.05) is 12.1 Å². The van der Waals surface area contributed by atoms with Crippen LogP contribution >= 0.6 is 0 Å². The van der Waals surface area contributed by atoms with Crippen LogP contribution in [0, 0.1) is 5.82 Å². The minimum atomic E-state index is -0.0838. The fourth-order valence-electron chi connectivity index (χ4n) is 2.54. The van der Waals surface area contributed by atoms with E-state index in [0.717, 1.165) is 31.6 Å². The van der Waals surface area contributed by atoms with Gasteiger partial charge in [-0.15, -0.1) is 0 Å². The van der Waals surface area contributed by atoms with Crippen molar-refractivity contribution >= 4 is 0 Å². The average Bonchev–Trinajstić information content (AvgIpc) is 2.32. The zero-order valence-corrected chi connectivity index (χ0v) is 11.5. The molecule has 1 heterocycles. The molecule has 1 fully saturated rings.